The number of aromatic nitrogens is 2. The van der Waals surface area contributed by atoms with Crippen molar-refractivity contribution in [2.24, 2.45) is 0 Å². The van der Waals surface area contributed by atoms with E-state index < -0.39 is 0 Å². The van der Waals surface area contributed by atoms with Gasteiger partial charge in [-0.15, -0.1) is 11.3 Å². The van der Waals surface area contributed by atoms with Crippen molar-refractivity contribution in [2.45, 2.75) is 13.3 Å². The summed E-state index contributed by atoms with van der Waals surface area (Å²) < 4.78 is 0. The van der Waals surface area contributed by atoms with Gasteiger partial charge in [0.2, 0.25) is 0 Å². The molecule has 0 spiro atoms. The first-order valence-corrected chi connectivity index (χ1v) is 7.46. The molecule has 0 aliphatic rings. The predicted molar refractivity (Wildman–Crippen MR) is 84.6 cm³/mol. The van der Waals surface area contributed by atoms with Crippen LogP contribution < -0.4 is 0 Å². The lowest BCUT2D eigenvalue weighted by Gasteiger charge is -2.09. The zero-order chi connectivity index (χ0) is 13.9. The zero-order valence-corrected chi connectivity index (χ0v) is 12.2. The molecular weight excluding hydrogens is 264 g/mol. The molecule has 1 radical (unpaired) electrons. The third-order valence-corrected chi connectivity index (χ3v) is 4.41. The Labute approximate surface area is 123 Å². The first kappa shape index (κ1) is 13.0. The maximum Gasteiger partial charge on any atom is 0.0888 e. The van der Waals surface area contributed by atoms with Crippen molar-refractivity contribution in [3.63, 3.8) is 0 Å². The highest BCUT2D eigenvalue weighted by molar-refractivity contribution is 7.10. The Morgan fingerprint density at radius 3 is 2.75 bits per heavy atom. The van der Waals surface area contributed by atoms with Gasteiger partial charge in [0, 0.05) is 22.8 Å². The van der Waals surface area contributed by atoms with Gasteiger partial charge in [0.25, 0.3) is 0 Å². The summed E-state index contributed by atoms with van der Waals surface area (Å²) in [6.07, 6.45) is 6.24. The van der Waals surface area contributed by atoms with E-state index >= 15 is 0 Å². The number of nitrogens with zero attached hydrogens (tertiary/aromatic N) is 2. The van der Waals surface area contributed by atoms with Gasteiger partial charge >= 0.3 is 0 Å². The van der Waals surface area contributed by atoms with Gasteiger partial charge in [-0.25, -0.2) is 0 Å². The van der Waals surface area contributed by atoms with Gasteiger partial charge in [-0.05, 0) is 41.5 Å². The second-order valence-electron chi connectivity index (χ2n) is 4.58. The van der Waals surface area contributed by atoms with Gasteiger partial charge in [0.1, 0.15) is 0 Å². The summed E-state index contributed by atoms with van der Waals surface area (Å²) in [5.74, 6) is 0. The van der Waals surface area contributed by atoms with Crippen LogP contribution in [0, 0.1) is 6.92 Å². The van der Waals surface area contributed by atoms with Crippen LogP contribution in [0.5, 0.6) is 0 Å². The summed E-state index contributed by atoms with van der Waals surface area (Å²) in [5, 5.41) is 2.20. The van der Waals surface area contributed by atoms with Gasteiger partial charge in [0.15, 0.2) is 0 Å². The maximum atomic E-state index is 4.37. The fraction of sp³-hybridized carbons (Fsp3) is 0.118. The molecule has 0 amide bonds. The van der Waals surface area contributed by atoms with Crippen LogP contribution in [0.2, 0.25) is 0 Å². The SMILES string of the molecule is [CH2]c1c(-c2csc(CC)c2)cccc1-c1cnccn1. The number of hydrogen-bond donors (Lipinski definition) is 0. The lowest BCUT2D eigenvalue weighted by Crippen LogP contribution is -1.90. The Balaban J connectivity index is 2.10. The molecule has 0 N–H and O–H groups in total. The maximum absolute atomic E-state index is 4.37. The minimum atomic E-state index is 0.866. The molecule has 0 aliphatic heterocycles. The molecule has 0 unspecified atom stereocenters. The molecule has 3 heteroatoms. The van der Waals surface area contributed by atoms with E-state index in [1.807, 2.05) is 6.07 Å². The third kappa shape index (κ3) is 2.37. The highest BCUT2D eigenvalue weighted by Gasteiger charge is 2.10. The summed E-state index contributed by atoms with van der Waals surface area (Å²) in [5.41, 5.74) is 5.32. The molecule has 3 aromatic rings. The van der Waals surface area contributed by atoms with Crippen molar-refractivity contribution in [1.29, 1.82) is 0 Å². The summed E-state index contributed by atoms with van der Waals surface area (Å²) in [6, 6.07) is 8.46. The zero-order valence-electron chi connectivity index (χ0n) is 11.3. The highest BCUT2D eigenvalue weighted by Crippen LogP contribution is 2.33. The van der Waals surface area contributed by atoms with Gasteiger partial charge < -0.3 is 0 Å². The van der Waals surface area contributed by atoms with Crippen molar-refractivity contribution in [3.8, 4) is 22.4 Å². The summed E-state index contributed by atoms with van der Waals surface area (Å²) >= 11 is 1.80. The average molecular weight is 279 g/mol. The second kappa shape index (κ2) is 5.55. The van der Waals surface area contributed by atoms with Crippen LogP contribution in [0.15, 0.2) is 48.2 Å². The third-order valence-electron chi connectivity index (χ3n) is 3.33. The normalized spacial score (nSPS) is 10.7. The van der Waals surface area contributed by atoms with Crippen LogP contribution in [-0.2, 0) is 6.42 Å². The molecule has 0 saturated heterocycles. The first-order chi connectivity index (χ1) is 9.79. The first-order valence-electron chi connectivity index (χ1n) is 6.58. The standard InChI is InChI=1S/C17H15N2S/c1-3-14-9-13(11-20-14)15-5-4-6-16(12(15)2)17-10-18-7-8-19-17/h4-11H,2-3H2,1H3. The fourth-order valence-electron chi connectivity index (χ4n) is 2.24. The molecule has 2 nitrogen and oxygen atoms in total. The molecule has 0 saturated carbocycles. The summed E-state index contributed by atoms with van der Waals surface area (Å²) in [7, 11) is 0. The van der Waals surface area contributed by atoms with E-state index in [0.717, 1.165) is 23.2 Å². The molecule has 0 atom stereocenters. The van der Waals surface area contributed by atoms with Crippen molar-refractivity contribution < 1.29 is 0 Å². The highest BCUT2D eigenvalue weighted by atomic mass is 32.1. The lowest BCUT2D eigenvalue weighted by molar-refractivity contribution is 1.19. The molecule has 0 bridgehead atoms. The van der Waals surface area contributed by atoms with Crippen LogP contribution >= 0.6 is 11.3 Å². The topological polar surface area (TPSA) is 25.8 Å². The monoisotopic (exact) mass is 279 g/mol. The van der Waals surface area contributed by atoms with Crippen molar-refractivity contribution >= 4 is 11.3 Å². The van der Waals surface area contributed by atoms with Crippen LogP contribution in [-0.4, -0.2) is 9.97 Å². The van der Waals surface area contributed by atoms with Gasteiger partial charge in [-0.1, -0.05) is 25.1 Å². The lowest BCUT2D eigenvalue weighted by atomic mass is 9.96. The Bertz CT molecular complexity index is 717. The smallest absolute Gasteiger partial charge is 0.0888 e. The van der Waals surface area contributed by atoms with Gasteiger partial charge in [-0.3, -0.25) is 9.97 Å². The molecule has 99 valence electrons. The Kier molecular flexibility index (Phi) is 3.61. The molecule has 2 heterocycles. The van der Waals surface area contributed by atoms with E-state index in [2.05, 4.69) is 47.4 Å². The Morgan fingerprint density at radius 2 is 2.05 bits per heavy atom. The number of hydrogen-bond acceptors (Lipinski definition) is 3. The van der Waals surface area contributed by atoms with E-state index in [1.165, 1.54) is 16.0 Å². The van der Waals surface area contributed by atoms with E-state index in [9.17, 15) is 0 Å². The van der Waals surface area contributed by atoms with Crippen LogP contribution in [0.1, 0.15) is 17.4 Å². The quantitative estimate of drug-likeness (QED) is 0.699. The van der Waals surface area contributed by atoms with Crippen molar-refractivity contribution in [1.82, 2.24) is 9.97 Å². The van der Waals surface area contributed by atoms with E-state index in [1.54, 1.807) is 29.9 Å². The molecule has 20 heavy (non-hydrogen) atoms. The van der Waals surface area contributed by atoms with Crippen LogP contribution in [0.25, 0.3) is 22.4 Å². The minimum absolute atomic E-state index is 0.866. The second-order valence-corrected chi connectivity index (χ2v) is 5.57. The Hall–Kier alpha value is -2.00. The van der Waals surface area contributed by atoms with Crippen LogP contribution in [0.3, 0.4) is 0 Å². The van der Waals surface area contributed by atoms with Gasteiger partial charge in [-0.2, -0.15) is 0 Å². The number of thiophene rings is 1. The minimum Gasteiger partial charge on any atom is -0.261 e. The number of benzene rings is 1. The number of aryl methyl sites for hydroxylation is 1. The van der Waals surface area contributed by atoms with E-state index in [4.69, 9.17) is 0 Å². The van der Waals surface area contributed by atoms with Gasteiger partial charge in [0.05, 0.1) is 11.9 Å². The molecular formula is C17H15N2S. The predicted octanol–water partition coefficient (Wildman–Crippen LogP) is 4.62. The van der Waals surface area contributed by atoms with Crippen molar-refractivity contribution in [3.05, 3.63) is 65.6 Å². The number of rotatable bonds is 3. The molecule has 0 fully saturated rings. The molecule has 2 aromatic heterocycles. The average Bonchev–Trinajstić information content (AvgIpc) is 2.97. The largest absolute Gasteiger partial charge is 0.261 e. The molecule has 1 aromatic carbocycles. The van der Waals surface area contributed by atoms with Crippen LogP contribution in [0.4, 0.5) is 0 Å². The summed E-state index contributed by atoms with van der Waals surface area (Å²) in [4.78, 5) is 9.89. The Morgan fingerprint density at radius 1 is 1.20 bits per heavy atom. The molecule has 0 aliphatic carbocycles. The molecule has 3 rings (SSSR count). The van der Waals surface area contributed by atoms with E-state index in [0.29, 0.717) is 0 Å². The summed E-state index contributed by atoms with van der Waals surface area (Å²) in [6.45, 7) is 6.42. The van der Waals surface area contributed by atoms with E-state index in [-0.39, 0.29) is 0 Å². The fourth-order valence-corrected chi connectivity index (χ4v) is 3.08. The van der Waals surface area contributed by atoms with Crippen molar-refractivity contribution in [2.75, 3.05) is 0 Å².